The molecular weight excluding hydrogens is 238 g/mol. The van der Waals surface area contributed by atoms with Crippen molar-refractivity contribution in [3.05, 3.63) is 49.3 Å². The summed E-state index contributed by atoms with van der Waals surface area (Å²) in [6, 6.07) is 3.42. The van der Waals surface area contributed by atoms with Crippen LogP contribution < -0.4 is 16.6 Å². The minimum absolute atomic E-state index is 0.305. The largest absolute Gasteiger partial charge is 0.367 e. The van der Waals surface area contributed by atoms with Crippen molar-refractivity contribution < 1.29 is 0 Å². The van der Waals surface area contributed by atoms with Gasteiger partial charge in [-0.1, -0.05) is 0 Å². The SMILES string of the molecule is Cn1c(NCc2ccsc2)cc(=O)n(C)c1=O. The fourth-order valence-electron chi connectivity index (χ4n) is 1.49. The molecule has 0 aliphatic rings. The first-order chi connectivity index (χ1) is 8.09. The van der Waals surface area contributed by atoms with Gasteiger partial charge in [0.15, 0.2) is 0 Å². The summed E-state index contributed by atoms with van der Waals surface area (Å²) in [5.74, 6) is 0.532. The molecule has 0 bridgehead atoms. The van der Waals surface area contributed by atoms with Crippen LogP contribution >= 0.6 is 11.3 Å². The van der Waals surface area contributed by atoms with Crippen molar-refractivity contribution in [3.63, 3.8) is 0 Å². The Kier molecular flexibility index (Phi) is 3.14. The summed E-state index contributed by atoms with van der Waals surface area (Å²) in [4.78, 5) is 23.1. The third kappa shape index (κ3) is 2.31. The first kappa shape index (κ1) is 11.7. The van der Waals surface area contributed by atoms with Crippen LogP contribution in [0.4, 0.5) is 5.82 Å². The van der Waals surface area contributed by atoms with Gasteiger partial charge in [0.05, 0.1) is 0 Å². The maximum atomic E-state index is 11.7. The number of rotatable bonds is 3. The minimum atomic E-state index is -0.328. The second-order valence-electron chi connectivity index (χ2n) is 3.75. The van der Waals surface area contributed by atoms with Crippen molar-refractivity contribution in [2.75, 3.05) is 5.32 Å². The number of hydrogen-bond acceptors (Lipinski definition) is 4. The number of nitrogens with zero attached hydrogens (tertiary/aromatic N) is 2. The average Bonchev–Trinajstić information content (AvgIpc) is 2.82. The fraction of sp³-hybridized carbons (Fsp3) is 0.273. The van der Waals surface area contributed by atoms with Gasteiger partial charge in [-0.2, -0.15) is 11.3 Å². The topological polar surface area (TPSA) is 56.0 Å². The van der Waals surface area contributed by atoms with Gasteiger partial charge in [-0.15, -0.1) is 0 Å². The standard InChI is InChI=1S/C11H13N3O2S/c1-13-9(5-10(15)14(2)11(13)16)12-6-8-3-4-17-7-8/h3-5,7,12H,6H2,1-2H3. The molecule has 0 saturated heterocycles. The van der Waals surface area contributed by atoms with Crippen molar-refractivity contribution in [1.29, 1.82) is 0 Å². The maximum Gasteiger partial charge on any atom is 0.332 e. The first-order valence-corrected chi connectivity index (χ1v) is 6.06. The molecule has 0 radical (unpaired) electrons. The van der Waals surface area contributed by atoms with E-state index in [2.05, 4.69) is 5.32 Å². The molecule has 0 amide bonds. The van der Waals surface area contributed by atoms with Crippen molar-refractivity contribution in [2.24, 2.45) is 14.1 Å². The Bertz CT molecular complexity index is 625. The van der Waals surface area contributed by atoms with E-state index < -0.39 is 0 Å². The number of aromatic nitrogens is 2. The van der Waals surface area contributed by atoms with Gasteiger partial charge >= 0.3 is 5.69 Å². The third-order valence-corrected chi connectivity index (χ3v) is 3.31. The molecule has 2 rings (SSSR count). The van der Waals surface area contributed by atoms with Crippen molar-refractivity contribution >= 4 is 17.2 Å². The van der Waals surface area contributed by atoms with Gasteiger partial charge in [0.1, 0.15) is 5.82 Å². The number of anilines is 1. The third-order valence-electron chi connectivity index (χ3n) is 2.58. The molecule has 6 heteroatoms. The van der Waals surface area contributed by atoms with Crippen LogP contribution in [-0.4, -0.2) is 9.13 Å². The highest BCUT2D eigenvalue weighted by atomic mass is 32.1. The van der Waals surface area contributed by atoms with Gasteiger partial charge in [-0.05, 0) is 22.4 Å². The van der Waals surface area contributed by atoms with Crippen LogP contribution in [0.15, 0.2) is 32.5 Å². The molecule has 0 fully saturated rings. The van der Waals surface area contributed by atoms with E-state index >= 15 is 0 Å². The van der Waals surface area contributed by atoms with Crippen LogP contribution in [0.5, 0.6) is 0 Å². The first-order valence-electron chi connectivity index (χ1n) is 5.11. The smallest absolute Gasteiger partial charge is 0.332 e. The fourth-order valence-corrected chi connectivity index (χ4v) is 2.16. The van der Waals surface area contributed by atoms with Crippen LogP contribution in [0.1, 0.15) is 5.56 Å². The summed E-state index contributed by atoms with van der Waals surface area (Å²) < 4.78 is 2.50. The normalized spacial score (nSPS) is 10.5. The van der Waals surface area contributed by atoms with E-state index in [0.29, 0.717) is 12.4 Å². The molecule has 0 atom stereocenters. The van der Waals surface area contributed by atoms with Crippen LogP contribution in [0, 0.1) is 0 Å². The van der Waals surface area contributed by atoms with Gasteiger partial charge in [0, 0.05) is 26.7 Å². The lowest BCUT2D eigenvalue weighted by Gasteiger charge is -2.10. The van der Waals surface area contributed by atoms with E-state index in [1.165, 1.54) is 17.7 Å². The summed E-state index contributed by atoms with van der Waals surface area (Å²) in [5.41, 5.74) is 0.495. The molecule has 2 heterocycles. The summed E-state index contributed by atoms with van der Waals surface area (Å²) >= 11 is 1.61. The highest BCUT2D eigenvalue weighted by Crippen LogP contribution is 2.08. The Morgan fingerprint density at radius 1 is 1.29 bits per heavy atom. The number of nitrogens with one attached hydrogen (secondary N) is 1. The molecular formula is C11H13N3O2S. The number of thiophene rings is 1. The van der Waals surface area contributed by atoms with Crippen LogP contribution in [0.2, 0.25) is 0 Å². The Labute approximate surface area is 102 Å². The summed E-state index contributed by atoms with van der Waals surface area (Å²) in [7, 11) is 3.10. The highest BCUT2D eigenvalue weighted by Gasteiger charge is 2.05. The second-order valence-corrected chi connectivity index (χ2v) is 4.53. The Balaban J connectivity index is 2.28. The van der Waals surface area contributed by atoms with Gasteiger partial charge in [-0.3, -0.25) is 13.9 Å². The molecule has 0 unspecified atom stereocenters. The molecule has 17 heavy (non-hydrogen) atoms. The van der Waals surface area contributed by atoms with E-state index in [0.717, 1.165) is 10.1 Å². The zero-order chi connectivity index (χ0) is 12.4. The van der Waals surface area contributed by atoms with E-state index in [9.17, 15) is 9.59 Å². The Morgan fingerprint density at radius 3 is 2.71 bits per heavy atom. The van der Waals surface area contributed by atoms with Gasteiger partial charge in [-0.25, -0.2) is 4.79 Å². The summed E-state index contributed by atoms with van der Waals surface area (Å²) in [5, 5.41) is 7.09. The summed E-state index contributed by atoms with van der Waals surface area (Å²) in [6.45, 7) is 0.601. The zero-order valence-electron chi connectivity index (χ0n) is 9.64. The Hall–Kier alpha value is -1.82. The lowest BCUT2D eigenvalue weighted by Crippen LogP contribution is -2.37. The van der Waals surface area contributed by atoms with Gasteiger partial charge < -0.3 is 5.32 Å². The zero-order valence-corrected chi connectivity index (χ0v) is 10.5. The maximum absolute atomic E-state index is 11.7. The van der Waals surface area contributed by atoms with E-state index in [-0.39, 0.29) is 11.2 Å². The highest BCUT2D eigenvalue weighted by molar-refractivity contribution is 7.07. The van der Waals surface area contributed by atoms with Crippen molar-refractivity contribution in [1.82, 2.24) is 9.13 Å². The van der Waals surface area contributed by atoms with Crippen molar-refractivity contribution in [3.8, 4) is 0 Å². The molecule has 5 nitrogen and oxygen atoms in total. The van der Waals surface area contributed by atoms with Crippen LogP contribution in [-0.2, 0) is 20.6 Å². The predicted molar refractivity (Wildman–Crippen MR) is 68.6 cm³/mol. The molecule has 0 aromatic carbocycles. The van der Waals surface area contributed by atoms with Crippen LogP contribution in [0.3, 0.4) is 0 Å². The molecule has 2 aromatic heterocycles. The van der Waals surface area contributed by atoms with Gasteiger partial charge in [0.2, 0.25) is 0 Å². The van der Waals surface area contributed by atoms with Crippen LogP contribution in [0.25, 0.3) is 0 Å². The van der Waals surface area contributed by atoms with E-state index in [1.807, 2.05) is 16.8 Å². The molecule has 2 aromatic rings. The van der Waals surface area contributed by atoms with Gasteiger partial charge in [0.25, 0.3) is 5.56 Å². The lowest BCUT2D eigenvalue weighted by molar-refractivity contribution is 0.689. The molecule has 0 aliphatic heterocycles. The average molecular weight is 251 g/mol. The predicted octanol–water partition coefficient (Wildman–Crippen LogP) is 0.758. The molecule has 90 valence electrons. The molecule has 1 N–H and O–H groups in total. The number of hydrogen-bond donors (Lipinski definition) is 1. The quantitative estimate of drug-likeness (QED) is 0.876. The molecule has 0 aliphatic carbocycles. The van der Waals surface area contributed by atoms with E-state index in [4.69, 9.17) is 0 Å². The summed E-state index contributed by atoms with van der Waals surface area (Å²) in [6.07, 6.45) is 0. The lowest BCUT2D eigenvalue weighted by atomic mass is 10.3. The molecule has 0 spiro atoms. The molecule has 0 saturated carbocycles. The van der Waals surface area contributed by atoms with Crippen molar-refractivity contribution in [2.45, 2.75) is 6.54 Å². The monoisotopic (exact) mass is 251 g/mol. The Morgan fingerprint density at radius 2 is 2.06 bits per heavy atom. The minimum Gasteiger partial charge on any atom is -0.367 e. The van der Waals surface area contributed by atoms with E-state index in [1.54, 1.807) is 18.4 Å². The second kappa shape index (κ2) is 4.58.